The van der Waals surface area contributed by atoms with Crippen LogP contribution in [-0.4, -0.2) is 0 Å². The van der Waals surface area contributed by atoms with E-state index in [0.29, 0.717) is 10.7 Å². The molecule has 0 saturated heterocycles. The Bertz CT molecular complexity index is 5200. The lowest BCUT2D eigenvalue weighted by atomic mass is 9.70. The molecule has 0 atom stereocenters. The number of fused-ring (bicyclic) bond motifs is 7. The average Bonchev–Trinajstić information content (AvgIpc) is 3.29. The van der Waals surface area contributed by atoms with Crippen molar-refractivity contribution < 1.29 is 0 Å². The Hall–Kier alpha value is -7.94. The summed E-state index contributed by atoms with van der Waals surface area (Å²) in [6.45, 7) is 9.27. The second kappa shape index (κ2) is 8.95. The second-order valence-corrected chi connectivity index (χ2v) is 20.2. The fraction of sp³-hybridized carbons (Fsp3) is 0.0645. The van der Waals surface area contributed by atoms with Crippen LogP contribution in [0.2, 0.25) is 0 Å². The molecule has 0 aliphatic heterocycles. The van der Waals surface area contributed by atoms with Gasteiger partial charge in [-0.25, -0.2) is 0 Å². The summed E-state index contributed by atoms with van der Waals surface area (Å²) >= 11 is 0. The Morgan fingerprint density at radius 2 is 0.547 bits per heavy atom. The lowest BCUT2D eigenvalue weighted by molar-refractivity contribution is 1.19. The van der Waals surface area contributed by atoms with Gasteiger partial charge in [-0.1, -0.05) is 97.1 Å². The predicted octanol–water partition coefficient (Wildman–Crippen LogP) is 16.5. The average molecular weight is 803 g/mol. The van der Waals surface area contributed by atoms with Crippen molar-refractivity contribution in [3.8, 4) is 0 Å². The second-order valence-electron chi connectivity index (χ2n) is 20.2. The van der Waals surface area contributed by atoms with Gasteiger partial charge in [-0.15, -0.1) is 0 Å². The summed E-state index contributed by atoms with van der Waals surface area (Å²) in [7, 11) is 0. The Morgan fingerprint density at radius 1 is 0.234 bits per heavy atom. The number of benzene rings is 19. The molecule has 2 nitrogen and oxygen atoms in total. The van der Waals surface area contributed by atoms with Crippen LogP contribution < -0.4 is 10.7 Å². The Kier molecular flexibility index (Phi) is 4.33. The van der Waals surface area contributed by atoms with E-state index in [-0.39, 0.29) is 0 Å². The van der Waals surface area contributed by atoms with Gasteiger partial charge < -0.3 is 0 Å². The van der Waals surface area contributed by atoms with Gasteiger partial charge >= 0.3 is 0 Å². The summed E-state index contributed by atoms with van der Waals surface area (Å²) in [5.41, 5.74) is 5.21. The number of hydrogen-bond donors (Lipinski definition) is 2. The Labute approximate surface area is 360 Å². The van der Waals surface area contributed by atoms with Crippen molar-refractivity contribution in [2.45, 2.75) is 27.7 Å². The molecule has 19 aromatic rings. The van der Waals surface area contributed by atoms with Crippen molar-refractivity contribution in [1.29, 1.82) is 10.8 Å². The van der Waals surface area contributed by atoms with Gasteiger partial charge in [0.15, 0.2) is 0 Å². The zero-order valence-corrected chi connectivity index (χ0v) is 35.2. The van der Waals surface area contributed by atoms with Crippen LogP contribution in [0.25, 0.3) is 194 Å². The van der Waals surface area contributed by atoms with Crippen molar-refractivity contribution in [3.05, 3.63) is 130 Å². The summed E-state index contributed by atoms with van der Waals surface area (Å²) in [6, 6.07) is 37.8. The highest BCUT2D eigenvalue weighted by Crippen LogP contribution is 2.64. The highest BCUT2D eigenvalue weighted by molar-refractivity contribution is 6.65. The number of aryl methyl sites for hydroxylation is 4. The van der Waals surface area contributed by atoms with Gasteiger partial charge in [-0.3, -0.25) is 10.8 Å². The first kappa shape index (κ1) is 31.0. The summed E-state index contributed by atoms with van der Waals surface area (Å²) in [5.74, 6) is 0. The minimum absolute atomic E-state index is 0.337. The van der Waals surface area contributed by atoms with Gasteiger partial charge in [0.25, 0.3) is 0 Å². The van der Waals surface area contributed by atoms with Gasteiger partial charge in [0, 0.05) is 32.3 Å². The quantitative estimate of drug-likeness (QED) is 0.113. The zero-order valence-electron chi connectivity index (χ0n) is 35.2. The fourth-order valence-electron chi connectivity index (χ4n) is 15.6. The molecule has 0 bridgehead atoms. The maximum atomic E-state index is 10.3. The third kappa shape index (κ3) is 2.69. The van der Waals surface area contributed by atoms with Crippen LogP contribution in [0, 0.1) is 38.5 Å². The van der Waals surface area contributed by atoms with Crippen LogP contribution in [0.5, 0.6) is 0 Å². The largest absolute Gasteiger partial charge is 0.298 e. The molecule has 288 valence electrons. The maximum Gasteiger partial charge on any atom is 0.0880 e. The first-order valence-electron chi connectivity index (χ1n) is 22.8. The smallest absolute Gasteiger partial charge is 0.0880 e. The summed E-state index contributed by atoms with van der Waals surface area (Å²) in [5, 5.41) is 67.7. The SMILES string of the molecule is Cc1cc2ccc3c4cccc5c6c(=N)c(=N)c7c8cccc9c%10ccc%11cc(C)cc%12c%13cc(C)c%14c%15c(C)cc%16c(c1)c2c3c1c%16c%15c2c3c%14c%13c(c%10c%11%12)c(c98)c3c7c6c2c1c45. The van der Waals surface area contributed by atoms with E-state index in [0.717, 1.165) is 21.5 Å². The van der Waals surface area contributed by atoms with Crippen LogP contribution in [0.1, 0.15) is 22.3 Å². The molecule has 0 aromatic heterocycles. The molecule has 0 aliphatic rings. The molecule has 0 saturated carbocycles. The fourth-order valence-corrected chi connectivity index (χ4v) is 15.6. The highest BCUT2D eigenvalue weighted by Gasteiger charge is 2.36. The highest BCUT2D eigenvalue weighted by atomic mass is 14.5. The van der Waals surface area contributed by atoms with Gasteiger partial charge in [0.05, 0.1) is 10.7 Å². The lowest BCUT2D eigenvalue weighted by Gasteiger charge is -2.32. The third-order valence-corrected chi connectivity index (χ3v) is 17.4. The lowest BCUT2D eigenvalue weighted by Crippen LogP contribution is -2.25. The van der Waals surface area contributed by atoms with Crippen molar-refractivity contribution in [2.75, 3.05) is 0 Å². The molecule has 64 heavy (non-hydrogen) atoms. The van der Waals surface area contributed by atoms with E-state index in [4.69, 9.17) is 0 Å². The normalized spacial score (nSPS) is 14.1. The molecular formula is C62H30N2. The molecule has 0 fully saturated rings. The number of rotatable bonds is 0. The van der Waals surface area contributed by atoms with Crippen molar-refractivity contribution >= 4 is 194 Å². The molecule has 0 heterocycles. The van der Waals surface area contributed by atoms with Gasteiger partial charge in [0.2, 0.25) is 0 Å². The van der Waals surface area contributed by atoms with Crippen molar-refractivity contribution in [2.24, 2.45) is 0 Å². The van der Waals surface area contributed by atoms with Crippen molar-refractivity contribution in [3.63, 3.8) is 0 Å². The van der Waals surface area contributed by atoms with Gasteiger partial charge in [-0.05, 0) is 212 Å². The third-order valence-electron chi connectivity index (χ3n) is 17.4. The summed E-state index contributed by atoms with van der Waals surface area (Å²) < 4.78 is 0. The molecule has 2 heteroatoms. The Morgan fingerprint density at radius 3 is 0.984 bits per heavy atom. The molecule has 0 amide bonds. The molecule has 0 spiro atoms. The first-order valence-corrected chi connectivity index (χ1v) is 22.8. The van der Waals surface area contributed by atoms with E-state index in [1.54, 1.807) is 0 Å². The van der Waals surface area contributed by atoms with E-state index in [1.807, 2.05) is 0 Å². The van der Waals surface area contributed by atoms with Gasteiger partial charge in [-0.2, -0.15) is 0 Å². The maximum absolute atomic E-state index is 10.3. The summed E-state index contributed by atoms with van der Waals surface area (Å²) in [6.07, 6.45) is 0. The van der Waals surface area contributed by atoms with E-state index in [9.17, 15) is 10.8 Å². The molecule has 0 aliphatic carbocycles. The first-order chi connectivity index (χ1) is 31.3. The van der Waals surface area contributed by atoms with Crippen LogP contribution in [0.3, 0.4) is 0 Å². The molecule has 19 rings (SSSR count). The van der Waals surface area contributed by atoms with Gasteiger partial charge in [0.1, 0.15) is 0 Å². The number of hydrogen-bond acceptors (Lipinski definition) is 2. The molecule has 0 unspecified atom stereocenters. The van der Waals surface area contributed by atoms with Crippen LogP contribution in [0.15, 0.2) is 97.1 Å². The van der Waals surface area contributed by atoms with Crippen LogP contribution in [-0.2, 0) is 0 Å². The van der Waals surface area contributed by atoms with Crippen LogP contribution in [0.4, 0.5) is 0 Å². The Balaban J connectivity index is 1.34. The molecule has 19 aromatic carbocycles. The standard InChI is InChI=1S/C62H30N2/c1-21-15-25-11-13-29-27-7-5-9-31-41(27)51-53-43(29)39(25)33(17-21)35-19-23(3)37-38-24(4)20-36-34-18-22(2)16-26-12-14-30-28-8-6-10-32-42(28)52-54(44(30)40(26)34)46(36)50(38)58-57(49(37)45(35)53)59(51)55-47(31)61(63)62(64)48(32)56(55)60(52)58/h5-20,63-64H,1-4H3. The van der Waals surface area contributed by atoms with E-state index >= 15 is 0 Å². The minimum Gasteiger partial charge on any atom is -0.298 e. The molecular weight excluding hydrogens is 773 g/mol. The van der Waals surface area contributed by atoms with E-state index in [1.165, 1.54) is 195 Å². The van der Waals surface area contributed by atoms with E-state index < -0.39 is 0 Å². The topological polar surface area (TPSA) is 47.7 Å². The monoisotopic (exact) mass is 802 g/mol. The summed E-state index contributed by atoms with van der Waals surface area (Å²) in [4.78, 5) is 0. The predicted molar refractivity (Wildman–Crippen MR) is 275 cm³/mol. The van der Waals surface area contributed by atoms with E-state index in [2.05, 4.69) is 125 Å². The molecule has 0 radical (unpaired) electrons. The van der Waals surface area contributed by atoms with Crippen molar-refractivity contribution in [1.82, 2.24) is 0 Å². The zero-order chi connectivity index (χ0) is 41.6. The minimum atomic E-state index is 0.337. The van der Waals surface area contributed by atoms with Crippen LogP contribution >= 0.6 is 0 Å². The molecule has 2 N–H and O–H groups in total. The number of nitrogens with one attached hydrogen (secondary N) is 2.